The molecule has 0 unspecified atom stereocenters. The van der Waals surface area contributed by atoms with Gasteiger partial charge in [-0.25, -0.2) is 4.98 Å². The minimum absolute atomic E-state index is 0.868. The van der Waals surface area contributed by atoms with Gasteiger partial charge in [0, 0.05) is 17.0 Å². The molecule has 0 atom stereocenters. The molecule has 2 aromatic carbocycles. The largest absolute Gasteiger partial charge is 0.496 e. The molecule has 1 heterocycles. The van der Waals surface area contributed by atoms with Crippen molar-refractivity contribution in [3.05, 3.63) is 60.2 Å². The zero-order chi connectivity index (χ0) is 13.2. The maximum Gasteiger partial charge on any atom is 0.130 e. The maximum absolute atomic E-state index is 5.50. The first-order valence-corrected chi connectivity index (χ1v) is 6.29. The number of hydrogen-bond acceptors (Lipinski definition) is 2. The molecule has 0 radical (unpaired) electrons. The van der Waals surface area contributed by atoms with Gasteiger partial charge in [-0.2, -0.15) is 0 Å². The Balaban J connectivity index is 2.26. The first-order chi connectivity index (χ1) is 9.28. The Kier molecular flexibility index (Phi) is 2.92. The van der Waals surface area contributed by atoms with Crippen LogP contribution in [0.15, 0.2) is 54.6 Å². The monoisotopic (exact) mass is 249 g/mol. The number of hydrogen-bond donors (Lipinski definition) is 0. The number of methoxy groups -OCH3 is 1. The molecule has 0 aliphatic heterocycles. The first-order valence-electron chi connectivity index (χ1n) is 6.29. The molecule has 2 heteroatoms. The average Bonchev–Trinajstić information content (AvgIpc) is 2.47. The van der Waals surface area contributed by atoms with Crippen LogP contribution in [-0.4, -0.2) is 12.1 Å². The highest BCUT2D eigenvalue weighted by molar-refractivity contribution is 5.88. The molecule has 1 aromatic heterocycles. The van der Waals surface area contributed by atoms with Crippen molar-refractivity contribution in [3.63, 3.8) is 0 Å². The molecule has 0 spiro atoms. The van der Waals surface area contributed by atoms with E-state index in [9.17, 15) is 0 Å². The molecule has 0 saturated heterocycles. The van der Waals surface area contributed by atoms with Gasteiger partial charge in [0.05, 0.1) is 18.3 Å². The number of benzene rings is 2. The van der Waals surface area contributed by atoms with E-state index in [1.165, 1.54) is 5.56 Å². The van der Waals surface area contributed by atoms with Gasteiger partial charge in [-0.05, 0) is 19.1 Å². The van der Waals surface area contributed by atoms with Gasteiger partial charge in [-0.15, -0.1) is 0 Å². The molecular formula is C17H15NO. The van der Waals surface area contributed by atoms with E-state index in [0.29, 0.717) is 0 Å². The van der Waals surface area contributed by atoms with E-state index < -0.39 is 0 Å². The number of aromatic nitrogens is 1. The van der Waals surface area contributed by atoms with Crippen LogP contribution in [0.3, 0.4) is 0 Å². The molecule has 0 aliphatic rings. The Labute approximate surface area is 112 Å². The van der Waals surface area contributed by atoms with Gasteiger partial charge in [-0.3, -0.25) is 0 Å². The standard InChI is InChI=1S/C17H15NO/c1-12-8-9-15-14(10-12)17(19-2)11-16(18-15)13-6-4-3-5-7-13/h3-11H,1-2H3. The van der Waals surface area contributed by atoms with Crippen molar-refractivity contribution in [1.29, 1.82) is 0 Å². The van der Waals surface area contributed by atoms with Crippen molar-refractivity contribution in [2.45, 2.75) is 6.92 Å². The van der Waals surface area contributed by atoms with Gasteiger partial charge in [0.15, 0.2) is 0 Å². The van der Waals surface area contributed by atoms with Crippen LogP contribution in [0.25, 0.3) is 22.2 Å². The van der Waals surface area contributed by atoms with Gasteiger partial charge in [0.2, 0.25) is 0 Å². The first kappa shape index (κ1) is 11.7. The lowest BCUT2D eigenvalue weighted by Gasteiger charge is -2.09. The van der Waals surface area contributed by atoms with Crippen LogP contribution in [0, 0.1) is 6.92 Å². The minimum atomic E-state index is 0.868. The van der Waals surface area contributed by atoms with Crippen LogP contribution in [0.2, 0.25) is 0 Å². The topological polar surface area (TPSA) is 22.1 Å². The molecule has 3 aromatic rings. The van der Waals surface area contributed by atoms with Gasteiger partial charge in [-0.1, -0.05) is 42.0 Å². The van der Waals surface area contributed by atoms with Gasteiger partial charge in [0.25, 0.3) is 0 Å². The van der Waals surface area contributed by atoms with Crippen molar-refractivity contribution < 1.29 is 4.74 Å². The molecule has 0 saturated carbocycles. The van der Waals surface area contributed by atoms with Crippen LogP contribution in [-0.2, 0) is 0 Å². The van der Waals surface area contributed by atoms with Gasteiger partial charge in [0.1, 0.15) is 5.75 Å². The SMILES string of the molecule is COc1cc(-c2ccccc2)nc2ccc(C)cc12. The summed E-state index contributed by atoms with van der Waals surface area (Å²) in [5.74, 6) is 0.868. The molecule has 0 aliphatic carbocycles. The third kappa shape index (κ3) is 2.17. The van der Waals surface area contributed by atoms with E-state index in [-0.39, 0.29) is 0 Å². The predicted octanol–water partition coefficient (Wildman–Crippen LogP) is 4.22. The van der Waals surface area contributed by atoms with E-state index in [0.717, 1.165) is 27.9 Å². The summed E-state index contributed by atoms with van der Waals surface area (Å²) in [5.41, 5.74) is 4.21. The fourth-order valence-corrected chi connectivity index (χ4v) is 2.23. The third-order valence-corrected chi connectivity index (χ3v) is 3.22. The lowest BCUT2D eigenvalue weighted by Crippen LogP contribution is -1.91. The second-order valence-corrected chi connectivity index (χ2v) is 4.60. The lowest BCUT2D eigenvalue weighted by molar-refractivity contribution is 0.419. The molecule has 0 fully saturated rings. The zero-order valence-corrected chi connectivity index (χ0v) is 11.1. The predicted molar refractivity (Wildman–Crippen MR) is 78.5 cm³/mol. The fourth-order valence-electron chi connectivity index (χ4n) is 2.23. The van der Waals surface area contributed by atoms with Crippen LogP contribution in [0.5, 0.6) is 5.75 Å². The Hall–Kier alpha value is -2.35. The minimum Gasteiger partial charge on any atom is -0.496 e. The van der Waals surface area contributed by atoms with Crippen molar-refractivity contribution in [2.75, 3.05) is 7.11 Å². The summed E-state index contributed by atoms with van der Waals surface area (Å²) in [5, 5.41) is 1.06. The quantitative estimate of drug-likeness (QED) is 0.678. The zero-order valence-electron chi connectivity index (χ0n) is 11.1. The highest BCUT2D eigenvalue weighted by atomic mass is 16.5. The Morgan fingerprint density at radius 1 is 0.947 bits per heavy atom. The van der Waals surface area contributed by atoms with E-state index in [1.807, 2.05) is 30.3 Å². The maximum atomic E-state index is 5.50. The van der Waals surface area contributed by atoms with Crippen molar-refractivity contribution in [1.82, 2.24) is 4.98 Å². The summed E-state index contributed by atoms with van der Waals surface area (Å²) in [6.45, 7) is 2.07. The Morgan fingerprint density at radius 3 is 2.47 bits per heavy atom. The molecule has 19 heavy (non-hydrogen) atoms. The summed E-state index contributed by atoms with van der Waals surface area (Å²) in [6, 6.07) is 18.4. The highest BCUT2D eigenvalue weighted by Gasteiger charge is 2.07. The van der Waals surface area contributed by atoms with Crippen molar-refractivity contribution in [2.24, 2.45) is 0 Å². The van der Waals surface area contributed by atoms with Gasteiger partial charge >= 0.3 is 0 Å². The highest BCUT2D eigenvalue weighted by Crippen LogP contribution is 2.30. The number of rotatable bonds is 2. The molecule has 94 valence electrons. The fraction of sp³-hybridized carbons (Fsp3) is 0.118. The summed E-state index contributed by atoms with van der Waals surface area (Å²) < 4.78 is 5.50. The Bertz CT molecular complexity index is 720. The third-order valence-electron chi connectivity index (χ3n) is 3.22. The summed E-state index contributed by atoms with van der Waals surface area (Å²) in [6.07, 6.45) is 0. The van der Waals surface area contributed by atoms with Crippen LogP contribution >= 0.6 is 0 Å². The van der Waals surface area contributed by atoms with Gasteiger partial charge < -0.3 is 4.74 Å². The average molecular weight is 249 g/mol. The van der Waals surface area contributed by atoms with E-state index in [1.54, 1.807) is 7.11 Å². The molecular weight excluding hydrogens is 234 g/mol. The van der Waals surface area contributed by atoms with Crippen LogP contribution in [0.1, 0.15) is 5.56 Å². The van der Waals surface area contributed by atoms with E-state index >= 15 is 0 Å². The Morgan fingerprint density at radius 2 is 1.74 bits per heavy atom. The number of aryl methyl sites for hydroxylation is 1. The van der Waals surface area contributed by atoms with Crippen molar-refractivity contribution >= 4 is 10.9 Å². The lowest BCUT2D eigenvalue weighted by atomic mass is 10.1. The summed E-state index contributed by atoms with van der Waals surface area (Å²) in [4.78, 5) is 4.72. The van der Waals surface area contributed by atoms with E-state index in [4.69, 9.17) is 9.72 Å². The van der Waals surface area contributed by atoms with Crippen molar-refractivity contribution in [3.8, 4) is 17.0 Å². The molecule has 3 rings (SSSR count). The van der Waals surface area contributed by atoms with Crippen LogP contribution < -0.4 is 4.74 Å². The molecule has 0 N–H and O–H groups in total. The molecule has 0 bridgehead atoms. The normalized spacial score (nSPS) is 10.6. The number of ether oxygens (including phenoxy) is 1. The molecule has 2 nitrogen and oxygen atoms in total. The second kappa shape index (κ2) is 4.73. The molecule has 0 amide bonds. The smallest absolute Gasteiger partial charge is 0.130 e. The second-order valence-electron chi connectivity index (χ2n) is 4.60. The van der Waals surface area contributed by atoms with Crippen LogP contribution in [0.4, 0.5) is 0 Å². The number of pyridine rings is 1. The number of nitrogens with zero attached hydrogens (tertiary/aromatic N) is 1. The number of fused-ring (bicyclic) bond motifs is 1. The summed E-state index contributed by atoms with van der Waals surface area (Å²) in [7, 11) is 1.70. The summed E-state index contributed by atoms with van der Waals surface area (Å²) >= 11 is 0. The van der Waals surface area contributed by atoms with E-state index in [2.05, 4.69) is 31.2 Å².